The van der Waals surface area contributed by atoms with Crippen LogP contribution in [0.4, 0.5) is 0 Å². The molecule has 1 aliphatic heterocycles. The summed E-state index contributed by atoms with van der Waals surface area (Å²) in [5, 5.41) is 18.4. The maximum atomic E-state index is 12.2. The summed E-state index contributed by atoms with van der Waals surface area (Å²) in [6.45, 7) is 6.05. The van der Waals surface area contributed by atoms with Crippen LogP contribution in [0.3, 0.4) is 0 Å². The van der Waals surface area contributed by atoms with Crippen LogP contribution in [-0.4, -0.2) is 72.4 Å². The first-order chi connectivity index (χ1) is 9.06. The fourth-order valence-corrected chi connectivity index (χ4v) is 2.67. The van der Waals surface area contributed by atoms with Gasteiger partial charge in [0, 0.05) is 25.0 Å². The van der Waals surface area contributed by atoms with E-state index in [9.17, 15) is 9.90 Å². The van der Waals surface area contributed by atoms with Crippen molar-refractivity contribution < 1.29 is 15.0 Å². The predicted molar refractivity (Wildman–Crippen MR) is 74.7 cm³/mol. The second kappa shape index (κ2) is 7.62. The molecule has 1 amide bonds. The van der Waals surface area contributed by atoms with Crippen molar-refractivity contribution in [3.8, 4) is 0 Å². The van der Waals surface area contributed by atoms with E-state index < -0.39 is 0 Å². The molecule has 1 rings (SSSR count). The van der Waals surface area contributed by atoms with Crippen LogP contribution in [0.5, 0.6) is 0 Å². The molecule has 1 unspecified atom stereocenters. The Morgan fingerprint density at radius 2 is 2.26 bits per heavy atom. The summed E-state index contributed by atoms with van der Waals surface area (Å²) < 4.78 is 0. The number of aliphatic hydroxyl groups excluding tert-OH is 2. The monoisotopic (exact) mass is 270 g/mol. The van der Waals surface area contributed by atoms with Gasteiger partial charge in [0.2, 0.25) is 5.91 Å². The lowest BCUT2D eigenvalue weighted by Crippen LogP contribution is -2.50. The number of likely N-dealkylation sites (N-methyl/N-ethyl adjacent to an activating group) is 1. The standard InChI is InChI=1S/C14H26N2O3/c1-3-5-14(12-18)6-4-7-16(11-14)13(19)10-15(2)8-9-17/h3,17-18H,1,4-12H2,2H3. The second-order valence-corrected chi connectivity index (χ2v) is 5.53. The van der Waals surface area contributed by atoms with Gasteiger partial charge in [-0.05, 0) is 26.3 Å². The molecule has 0 aromatic heterocycles. The topological polar surface area (TPSA) is 64.0 Å². The summed E-state index contributed by atoms with van der Waals surface area (Å²) in [5.41, 5.74) is -0.217. The van der Waals surface area contributed by atoms with Crippen LogP contribution in [0.2, 0.25) is 0 Å². The van der Waals surface area contributed by atoms with Crippen LogP contribution in [0.25, 0.3) is 0 Å². The summed E-state index contributed by atoms with van der Waals surface area (Å²) in [7, 11) is 1.82. The number of hydrogen-bond acceptors (Lipinski definition) is 4. The van der Waals surface area contributed by atoms with Gasteiger partial charge in [-0.15, -0.1) is 6.58 Å². The minimum Gasteiger partial charge on any atom is -0.396 e. The van der Waals surface area contributed by atoms with Crippen LogP contribution >= 0.6 is 0 Å². The molecule has 0 aromatic rings. The molecule has 19 heavy (non-hydrogen) atoms. The molecule has 0 bridgehead atoms. The Labute approximate surface area is 115 Å². The van der Waals surface area contributed by atoms with E-state index in [4.69, 9.17) is 5.11 Å². The molecule has 2 N–H and O–H groups in total. The number of likely N-dealkylation sites (tertiary alicyclic amines) is 1. The predicted octanol–water partition coefficient (Wildman–Crippen LogP) is 0.0877. The van der Waals surface area contributed by atoms with Gasteiger partial charge in [-0.1, -0.05) is 6.08 Å². The highest BCUT2D eigenvalue weighted by atomic mass is 16.3. The molecule has 110 valence electrons. The molecule has 0 spiro atoms. The minimum atomic E-state index is -0.217. The number of piperidine rings is 1. The number of rotatable bonds is 7. The molecule has 0 aromatic carbocycles. The molecule has 1 saturated heterocycles. The summed E-state index contributed by atoms with van der Waals surface area (Å²) in [4.78, 5) is 15.8. The van der Waals surface area contributed by atoms with Gasteiger partial charge >= 0.3 is 0 Å². The van der Waals surface area contributed by atoms with Gasteiger partial charge in [-0.2, -0.15) is 0 Å². The molecule has 5 nitrogen and oxygen atoms in total. The molecule has 1 fully saturated rings. The van der Waals surface area contributed by atoms with E-state index in [1.54, 1.807) is 0 Å². The molecular weight excluding hydrogens is 244 g/mol. The van der Waals surface area contributed by atoms with E-state index in [1.165, 1.54) is 0 Å². The Hall–Kier alpha value is -0.910. The molecular formula is C14H26N2O3. The summed E-state index contributed by atoms with van der Waals surface area (Å²) in [6.07, 6.45) is 4.41. The maximum Gasteiger partial charge on any atom is 0.236 e. The number of nitrogens with zero attached hydrogens (tertiary/aromatic N) is 2. The van der Waals surface area contributed by atoms with Crippen molar-refractivity contribution in [3.63, 3.8) is 0 Å². The minimum absolute atomic E-state index is 0.0564. The Kier molecular flexibility index (Phi) is 6.48. The van der Waals surface area contributed by atoms with E-state index in [0.29, 0.717) is 19.6 Å². The van der Waals surface area contributed by atoms with E-state index in [-0.39, 0.29) is 24.5 Å². The van der Waals surface area contributed by atoms with Crippen LogP contribution in [0, 0.1) is 5.41 Å². The zero-order valence-electron chi connectivity index (χ0n) is 11.8. The first-order valence-electron chi connectivity index (χ1n) is 6.86. The van der Waals surface area contributed by atoms with Crippen LogP contribution in [0.15, 0.2) is 12.7 Å². The Morgan fingerprint density at radius 3 is 2.84 bits per heavy atom. The molecule has 0 saturated carbocycles. The smallest absolute Gasteiger partial charge is 0.236 e. The van der Waals surface area contributed by atoms with Crippen molar-refractivity contribution in [3.05, 3.63) is 12.7 Å². The third kappa shape index (κ3) is 4.60. The van der Waals surface area contributed by atoms with E-state index in [2.05, 4.69) is 6.58 Å². The number of carbonyl (C=O) groups excluding carboxylic acids is 1. The van der Waals surface area contributed by atoms with E-state index in [1.807, 2.05) is 22.9 Å². The van der Waals surface area contributed by atoms with Crippen molar-refractivity contribution >= 4 is 5.91 Å². The van der Waals surface area contributed by atoms with Crippen LogP contribution in [-0.2, 0) is 4.79 Å². The van der Waals surface area contributed by atoms with Crippen molar-refractivity contribution in [1.29, 1.82) is 0 Å². The SMILES string of the molecule is C=CCC1(CO)CCCN(C(=O)CN(C)CCO)C1. The Balaban J connectivity index is 2.58. The van der Waals surface area contributed by atoms with Gasteiger partial charge < -0.3 is 15.1 Å². The number of carbonyl (C=O) groups is 1. The third-order valence-corrected chi connectivity index (χ3v) is 3.81. The number of hydrogen-bond donors (Lipinski definition) is 2. The van der Waals surface area contributed by atoms with Crippen LogP contribution in [0.1, 0.15) is 19.3 Å². The number of aliphatic hydroxyl groups is 2. The lowest BCUT2D eigenvalue weighted by atomic mass is 9.78. The highest BCUT2D eigenvalue weighted by Crippen LogP contribution is 2.33. The molecule has 1 heterocycles. The van der Waals surface area contributed by atoms with Gasteiger partial charge in [0.15, 0.2) is 0 Å². The van der Waals surface area contributed by atoms with Gasteiger partial charge in [-0.3, -0.25) is 9.69 Å². The lowest BCUT2D eigenvalue weighted by Gasteiger charge is -2.41. The quantitative estimate of drug-likeness (QED) is 0.644. The molecule has 5 heteroatoms. The first-order valence-corrected chi connectivity index (χ1v) is 6.86. The fraction of sp³-hybridized carbons (Fsp3) is 0.786. The molecule has 0 radical (unpaired) electrons. The molecule has 1 aliphatic rings. The summed E-state index contributed by atoms with van der Waals surface area (Å²) >= 11 is 0. The zero-order chi connectivity index (χ0) is 14.3. The van der Waals surface area contributed by atoms with E-state index >= 15 is 0 Å². The zero-order valence-corrected chi connectivity index (χ0v) is 11.8. The van der Waals surface area contributed by atoms with Crippen LogP contribution < -0.4 is 0 Å². The largest absolute Gasteiger partial charge is 0.396 e. The van der Waals surface area contributed by atoms with Crippen molar-refractivity contribution in [1.82, 2.24) is 9.80 Å². The number of allylic oxidation sites excluding steroid dienone is 1. The summed E-state index contributed by atoms with van der Waals surface area (Å²) in [6, 6.07) is 0. The van der Waals surface area contributed by atoms with Gasteiger partial charge in [-0.25, -0.2) is 0 Å². The maximum absolute atomic E-state index is 12.2. The van der Waals surface area contributed by atoms with Gasteiger partial charge in [0.1, 0.15) is 0 Å². The van der Waals surface area contributed by atoms with Gasteiger partial charge in [0.05, 0.1) is 19.8 Å². The van der Waals surface area contributed by atoms with Gasteiger partial charge in [0.25, 0.3) is 0 Å². The average molecular weight is 270 g/mol. The highest BCUT2D eigenvalue weighted by molar-refractivity contribution is 5.78. The second-order valence-electron chi connectivity index (χ2n) is 5.53. The van der Waals surface area contributed by atoms with Crippen molar-refractivity contribution in [2.75, 3.05) is 46.4 Å². The van der Waals surface area contributed by atoms with Crippen molar-refractivity contribution in [2.24, 2.45) is 5.41 Å². The number of amides is 1. The molecule has 0 aliphatic carbocycles. The highest BCUT2D eigenvalue weighted by Gasteiger charge is 2.35. The lowest BCUT2D eigenvalue weighted by molar-refractivity contribution is -0.136. The Morgan fingerprint density at radius 1 is 1.53 bits per heavy atom. The van der Waals surface area contributed by atoms with E-state index in [0.717, 1.165) is 25.8 Å². The normalized spacial score (nSPS) is 23.7. The van der Waals surface area contributed by atoms with Crippen molar-refractivity contribution in [2.45, 2.75) is 19.3 Å². The summed E-state index contributed by atoms with van der Waals surface area (Å²) in [5.74, 6) is 0.0672. The molecule has 1 atom stereocenters. The Bertz CT molecular complexity index is 309. The first kappa shape index (κ1) is 16.1. The third-order valence-electron chi connectivity index (χ3n) is 3.81. The fourth-order valence-electron chi connectivity index (χ4n) is 2.67. The average Bonchev–Trinajstić information content (AvgIpc) is 2.39.